The molecule has 3 aromatic rings. The molecule has 0 radical (unpaired) electrons. The van der Waals surface area contributed by atoms with Gasteiger partial charge in [0.25, 0.3) is 0 Å². The zero-order valence-corrected chi connectivity index (χ0v) is 12.0. The molecule has 0 fully saturated rings. The van der Waals surface area contributed by atoms with Gasteiger partial charge >= 0.3 is 0 Å². The van der Waals surface area contributed by atoms with E-state index >= 15 is 0 Å². The summed E-state index contributed by atoms with van der Waals surface area (Å²) in [5.41, 5.74) is 2.66. The predicted octanol–water partition coefficient (Wildman–Crippen LogP) is 3.39. The van der Waals surface area contributed by atoms with Crippen LogP contribution >= 0.6 is 11.8 Å². The average molecular weight is 283 g/mol. The van der Waals surface area contributed by atoms with E-state index in [4.69, 9.17) is 0 Å². The van der Waals surface area contributed by atoms with Gasteiger partial charge in [0, 0.05) is 0 Å². The van der Waals surface area contributed by atoms with Crippen molar-refractivity contribution < 1.29 is 4.79 Å². The molecule has 0 saturated carbocycles. The molecule has 0 amide bonds. The van der Waals surface area contributed by atoms with Crippen LogP contribution in [0.1, 0.15) is 12.6 Å². The van der Waals surface area contributed by atoms with Crippen molar-refractivity contribution >= 4 is 33.7 Å². The van der Waals surface area contributed by atoms with Crippen LogP contribution in [-0.4, -0.2) is 19.5 Å². The van der Waals surface area contributed by atoms with Crippen LogP contribution < -0.4 is 0 Å². The summed E-state index contributed by atoms with van der Waals surface area (Å²) in [6, 6.07) is 9.79. The summed E-state index contributed by atoms with van der Waals surface area (Å²) in [5, 5.41) is 0.823. The fourth-order valence-electron chi connectivity index (χ4n) is 2.10. The van der Waals surface area contributed by atoms with E-state index in [2.05, 4.69) is 9.97 Å². The highest BCUT2D eigenvalue weighted by molar-refractivity contribution is 8.14. The molecule has 0 aliphatic carbocycles. The first-order chi connectivity index (χ1) is 9.70. The van der Waals surface area contributed by atoms with Gasteiger partial charge in [-0.3, -0.25) is 9.20 Å². The van der Waals surface area contributed by atoms with Gasteiger partial charge in [-0.05, 0) is 43.8 Å². The third-order valence-corrected chi connectivity index (χ3v) is 3.94. The first kappa shape index (κ1) is 12.9. The second-order valence-corrected chi connectivity index (χ2v) is 5.35. The highest BCUT2D eigenvalue weighted by Crippen LogP contribution is 2.28. The smallest absolute Gasteiger partial charge is 0.236 e. The Bertz CT molecular complexity index is 836. The summed E-state index contributed by atoms with van der Waals surface area (Å²) in [5.74, 6) is 0.638. The molecular formula is C15H13N3OS. The number of aryl methyl sites for hydroxylation is 1. The van der Waals surface area contributed by atoms with Crippen molar-refractivity contribution in [2.24, 2.45) is 0 Å². The van der Waals surface area contributed by atoms with Gasteiger partial charge in [-0.25, -0.2) is 9.97 Å². The van der Waals surface area contributed by atoms with E-state index in [9.17, 15) is 4.79 Å². The van der Waals surface area contributed by atoms with Gasteiger partial charge in [0.2, 0.25) is 10.9 Å². The Morgan fingerprint density at radius 2 is 2.05 bits per heavy atom. The topological polar surface area (TPSA) is 47.3 Å². The van der Waals surface area contributed by atoms with Gasteiger partial charge in [-0.2, -0.15) is 0 Å². The van der Waals surface area contributed by atoms with E-state index in [1.165, 1.54) is 11.8 Å². The van der Waals surface area contributed by atoms with Crippen molar-refractivity contribution in [1.82, 2.24) is 14.4 Å². The molecule has 2 heterocycles. The molecule has 20 heavy (non-hydrogen) atoms. The van der Waals surface area contributed by atoms with Crippen molar-refractivity contribution in [2.45, 2.75) is 18.9 Å². The maximum Gasteiger partial charge on any atom is 0.236 e. The third kappa shape index (κ3) is 2.10. The van der Waals surface area contributed by atoms with Gasteiger partial charge < -0.3 is 0 Å². The Morgan fingerprint density at radius 3 is 2.85 bits per heavy atom. The summed E-state index contributed by atoms with van der Waals surface area (Å²) in [4.78, 5) is 20.8. The van der Waals surface area contributed by atoms with Crippen LogP contribution in [0.15, 0.2) is 47.5 Å². The first-order valence-electron chi connectivity index (χ1n) is 6.29. The monoisotopic (exact) mass is 283 g/mol. The molecule has 5 heteroatoms. The number of hydrogen-bond acceptors (Lipinski definition) is 4. The molecule has 0 atom stereocenters. The summed E-state index contributed by atoms with van der Waals surface area (Å²) in [6.07, 6.45) is 3.30. The molecule has 4 nitrogen and oxygen atoms in total. The van der Waals surface area contributed by atoms with E-state index in [-0.39, 0.29) is 5.12 Å². The summed E-state index contributed by atoms with van der Waals surface area (Å²) in [6.45, 7) is 3.73. The van der Waals surface area contributed by atoms with Crippen molar-refractivity contribution in [2.75, 3.05) is 0 Å². The van der Waals surface area contributed by atoms with Crippen LogP contribution in [0.3, 0.4) is 0 Å². The SMILES string of the molecule is C/C=C/C(=O)Sc1c(C)nc2nc3cccccc3n12. The molecule has 0 aliphatic heterocycles. The minimum absolute atomic E-state index is 0.00736. The number of thioether (sulfide) groups is 1. The van der Waals surface area contributed by atoms with Gasteiger partial charge in [-0.1, -0.05) is 24.3 Å². The van der Waals surface area contributed by atoms with Crippen LogP contribution in [0.5, 0.6) is 0 Å². The van der Waals surface area contributed by atoms with E-state index in [0.29, 0.717) is 5.78 Å². The van der Waals surface area contributed by atoms with Crippen LogP contribution in [0.25, 0.3) is 16.8 Å². The second kappa shape index (κ2) is 5.09. The Hall–Kier alpha value is -2.14. The number of aromatic nitrogens is 3. The third-order valence-electron chi connectivity index (χ3n) is 2.93. The van der Waals surface area contributed by atoms with Gasteiger partial charge in [0.15, 0.2) is 0 Å². The molecular weight excluding hydrogens is 270 g/mol. The molecule has 0 aliphatic rings. The first-order valence-corrected chi connectivity index (χ1v) is 7.10. The normalized spacial score (nSPS) is 11.7. The Kier molecular flexibility index (Phi) is 3.28. The lowest BCUT2D eigenvalue weighted by Gasteiger charge is -1.98. The molecule has 100 valence electrons. The summed E-state index contributed by atoms with van der Waals surface area (Å²) < 4.78 is 1.94. The largest absolute Gasteiger partial charge is 0.282 e. The molecule has 0 bridgehead atoms. The Labute approximate surface area is 120 Å². The predicted molar refractivity (Wildman–Crippen MR) is 80.9 cm³/mol. The Morgan fingerprint density at radius 1 is 1.25 bits per heavy atom. The summed E-state index contributed by atoms with van der Waals surface area (Å²) >= 11 is 1.18. The second-order valence-electron chi connectivity index (χ2n) is 4.35. The standard InChI is InChI=1S/C15H13N3OS/c1-3-7-13(19)20-14-10(2)16-15-17-11-8-5-4-6-9-12(11)18(14)15/h3-9H,1-2H3/b7-3+. The van der Waals surface area contributed by atoms with Crippen molar-refractivity contribution in [3.05, 3.63) is 48.2 Å². The molecule has 0 N–H and O–H groups in total. The fourth-order valence-corrected chi connectivity index (χ4v) is 2.96. The number of imidazole rings is 2. The van der Waals surface area contributed by atoms with E-state index in [0.717, 1.165) is 21.8 Å². The highest BCUT2D eigenvalue weighted by Gasteiger charge is 2.16. The van der Waals surface area contributed by atoms with Crippen molar-refractivity contribution in [3.8, 4) is 0 Å². The number of carbonyl (C=O) groups excluding carboxylic acids is 1. The van der Waals surface area contributed by atoms with E-state index in [1.807, 2.05) is 48.6 Å². The van der Waals surface area contributed by atoms with Gasteiger partial charge in [0.05, 0.1) is 16.7 Å². The van der Waals surface area contributed by atoms with Crippen LogP contribution in [0.4, 0.5) is 0 Å². The van der Waals surface area contributed by atoms with Crippen LogP contribution in [-0.2, 0) is 4.79 Å². The van der Waals surface area contributed by atoms with Crippen LogP contribution in [0.2, 0.25) is 0 Å². The number of carbonyl (C=O) groups is 1. The lowest BCUT2D eigenvalue weighted by atomic mass is 10.4. The number of fused-ring (bicyclic) bond motifs is 3. The number of hydrogen-bond donors (Lipinski definition) is 0. The van der Waals surface area contributed by atoms with Crippen LogP contribution in [0, 0.1) is 6.92 Å². The average Bonchev–Trinajstić information content (AvgIpc) is 2.77. The lowest BCUT2D eigenvalue weighted by molar-refractivity contribution is -0.107. The van der Waals surface area contributed by atoms with E-state index in [1.54, 1.807) is 12.2 Å². The summed E-state index contributed by atoms with van der Waals surface area (Å²) in [7, 11) is 0. The van der Waals surface area contributed by atoms with Crippen molar-refractivity contribution in [1.29, 1.82) is 0 Å². The van der Waals surface area contributed by atoms with Gasteiger partial charge in [-0.15, -0.1) is 0 Å². The Balaban J connectivity index is 2.25. The maximum atomic E-state index is 11.8. The zero-order valence-electron chi connectivity index (χ0n) is 11.2. The van der Waals surface area contributed by atoms with Crippen molar-refractivity contribution in [3.63, 3.8) is 0 Å². The van der Waals surface area contributed by atoms with E-state index < -0.39 is 0 Å². The maximum absolute atomic E-state index is 11.8. The molecule has 0 spiro atoms. The number of nitrogens with zero attached hydrogens (tertiary/aromatic N) is 3. The highest BCUT2D eigenvalue weighted by atomic mass is 32.2. The zero-order chi connectivity index (χ0) is 14.1. The molecule has 0 saturated heterocycles. The molecule has 3 rings (SSSR count). The molecule has 0 unspecified atom stereocenters. The lowest BCUT2D eigenvalue weighted by Crippen LogP contribution is -1.90. The molecule has 2 aromatic heterocycles. The minimum Gasteiger partial charge on any atom is -0.282 e. The minimum atomic E-state index is -0.00736. The number of allylic oxidation sites excluding steroid dienone is 1. The molecule has 1 aromatic carbocycles. The number of rotatable bonds is 2. The fraction of sp³-hybridized carbons (Fsp3) is 0.133. The van der Waals surface area contributed by atoms with Gasteiger partial charge in [0.1, 0.15) is 5.03 Å². The quantitative estimate of drug-likeness (QED) is 0.534.